The predicted molar refractivity (Wildman–Crippen MR) is 65.4 cm³/mol. The lowest BCUT2D eigenvalue weighted by Crippen LogP contribution is -2.23. The largest absolute Gasteiger partial charge is 0.389 e. The maximum atomic E-state index is 12.2. The zero-order valence-electron chi connectivity index (χ0n) is 10.1. The highest BCUT2D eigenvalue weighted by molar-refractivity contribution is 7.12. The average molecular weight is 265 g/mol. The van der Waals surface area contributed by atoms with Gasteiger partial charge in [-0.3, -0.25) is 0 Å². The van der Waals surface area contributed by atoms with Crippen molar-refractivity contribution in [1.29, 1.82) is 0 Å². The lowest BCUT2D eigenvalue weighted by atomic mass is 10.1. The van der Waals surface area contributed by atoms with Crippen molar-refractivity contribution in [1.82, 2.24) is 5.32 Å². The SMILES string of the molecule is CCCNC(CCC(F)(F)F)c1ccc(C)s1. The zero-order valence-corrected chi connectivity index (χ0v) is 10.9. The number of nitrogens with one attached hydrogen (secondary N) is 1. The molecule has 0 aromatic carbocycles. The predicted octanol–water partition coefficient (Wildman–Crippen LogP) is 4.44. The maximum absolute atomic E-state index is 12.2. The van der Waals surface area contributed by atoms with E-state index >= 15 is 0 Å². The molecule has 5 heteroatoms. The summed E-state index contributed by atoms with van der Waals surface area (Å²) < 4.78 is 36.7. The molecule has 0 aliphatic carbocycles. The molecule has 1 rings (SSSR count). The van der Waals surface area contributed by atoms with Crippen LogP contribution in [0.25, 0.3) is 0 Å². The Morgan fingerprint density at radius 3 is 2.53 bits per heavy atom. The second-order valence-electron chi connectivity index (χ2n) is 4.11. The molecule has 0 saturated heterocycles. The maximum Gasteiger partial charge on any atom is 0.389 e. The summed E-state index contributed by atoms with van der Waals surface area (Å²) in [5.74, 6) is 0. The van der Waals surface area contributed by atoms with E-state index in [9.17, 15) is 13.2 Å². The second-order valence-corrected chi connectivity index (χ2v) is 5.43. The van der Waals surface area contributed by atoms with Crippen molar-refractivity contribution in [2.45, 2.75) is 45.3 Å². The molecule has 0 saturated carbocycles. The fourth-order valence-corrected chi connectivity index (χ4v) is 2.60. The van der Waals surface area contributed by atoms with E-state index in [1.165, 1.54) is 0 Å². The summed E-state index contributed by atoms with van der Waals surface area (Å²) in [6.07, 6.45) is -3.76. The number of alkyl halides is 3. The molecule has 98 valence electrons. The molecule has 17 heavy (non-hydrogen) atoms. The molecule has 1 aromatic heterocycles. The summed E-state index contributed by atoms with van der Waals surface area (Å²) in [6.45, 7) is 4.72. The number of hydrogen-bond donors (Lipinski definition) is 1. The van der Waals surface area contributed by atoms with Crippen LogP contribution in [0, 0.1) is 6.92 Å². The zero-order chi connectivity index (χ0) is 12.9. The van der Waals surface area contributed by atoms with Crippen LogP contribution in [0.2, 0.25) is 0 Å². The van der Waals surface area contributed by atoms with Gasteiger partial charge in [-0.2, -0.15) is 13.2 Å². The van der Waals surface area contributed by atoms with Gasteiger partial charge in [0.2, 0.25) is 0 Å². The van der Waals surface area contributed by atoms with Gasteiger partial charge in [-0.15, -0.1) is 11.3 Å². The lowest BCUT2D eigenvalue weighted by Gasteiger charge is -2.18. The lowest BCUT2D eigenvalue weighted by molar-refractivity contribution is -0.136. The van der Waals surface area contributed by atoms with Crippen LogP contribution in [-0.2, 0) is 0 Å². The van der Waals surface area contributed by atoms with Gasteiger partial charge in [-0.25, -0.2) is 0 Å². The molecule has 1 atom stereocenters. The van der Waals surface area contributed by atoms with Crippen LogP contribution in [0.4, 0.5) is 13.2 Å². The monoisotopic (exact) mass is 265 g/mol. The Kier molecular flexibility index (Phi) is 5.46. The first-order chi connectivity index (χ1) is 7.92. The minimum Gasteiger partial charge on any atom is -0.309 e. The van der Waals surface area contributed by atoms with E-state index in [1.807, 2.05) is 26.0 Å². The number of halogens is 3. The highest BCUT2D eigenvalue weighted by atomic mass is 32.1. The summed E-state index contributed by atoms with van der Waals surface area (Å²) in [5, 5.41) is 3.18. The van der Waals surface area contributed by atoms with Crippen molar-refractivity contribution in [3.63, 3.8) is 0 Å². The molecule has 0 amide bonds. The smallest absolute Gasteiger partial charge is 0.309 e. The standard InChI is InChI=1S/C12H18F3NS/c1-3-8-16-10(6-7-12(13,14)15)11-5-4-9(2)17-11/h4-5,10,16H,3,6-8H2,1-2H3. The Morgan fingerprint density at radius 1 is 1.35 bits per heavy atom. The molecule has 0 bridgehead atoms. The molecule has 0 aliphatic rings. The summed E-state index contributed by atoms with van der Waals surface area (Å²) >= 11 is 1.57. The molecule has 0 aliphatic heterocycles. The Bertz CT molecular complexity index is 333. The van der Waals surface area contributed by atoms with Crippen molar-refractivity contribution in [2.75, 3.05) is 6.54 Å². The van der Waals surface area contributed by atoms with Gasteiger partial charge in [0, 0.05) is 22.2 Å². The number of hydrogen-bond acceptors (Lipinski definition) is 2. The summed E-state index contributed by atoms with van der Waals surface area (Å²) in [7, 11) is 0. The molecule has 1 nitrogen and oxygen atoms in total. The van der Waals surface area contributed by atoms with Crippen LogP contribution >= 0.6 is 11.3 Å². The molecule has 1 N–H and O–H groups in total. The van der Waals surface area contributed by atoms with Crippen LogP contribution in [0.1, 0.15) is 42.0 Å². The van der Waals surface area contributed by atoms with E-state index in [4.69, 9.17) is 0 Å². The Labute approximate surface area is 104 Å². The van der Waals surface area contributed by atoms with E-state index in [2.05, 4.69) is 5.32 Å². The van der Waals surface area contributed by atoms with E-state index in [0.29, 0.717) is 0 Å². The third-order valence-electron chi connectivity index (χ3n) is 2.46. The van der Waals surface area contributed by atoms with Crippen molar-refractivity contribution >= 4 is 11.3 Å². The first-order valence-electron chi connectivity index (χ1n) is 5.79. The van der Waals surface area contributed by atoms with Crippen LogP contribution < -0.4 is 5.32 Å². The van der Waals surface area contributed by atoms with Crippen molar-refractivity contribution in [3.05, 3.63) is 21.9 Å². The normalized spacial score (nSPS) is 13.9. The highest BCUT2D eigenvalue weighted by Crippen LogP contribution is 2.30. The van der Waals surface area contributed by atoms with E-state index in [1.54, 1.807) is 11.3 Å². The van der Waals surface area contributed by atoms with E-state index in [-0.39, 0.29) is 12.5 Å². The molecular weight excluding hydrogens is 247 g/mol. The molecule has 1 aromatic rings. The second kappa shape index (κ2) is 6.40. The summed E-state index contributed by atoms with van der Waals surface area (Å²) in [5.41, 5.74) is 0. The fourth-order valence-electron chi connectivity index (χ4n) is 1.61. The first-order valence-corrected chi connectivity index (χ1v) is 6.60. The van der Waals surface area contributed by atoms with Crippen LogP contribution in [0.15, 0.2) is 12.1 Å². The number of rotatable bonds is 6. The van der Waals surface area contributed by atoms with Crippen molar-refractivity contribution < 1.29 is 13.2 Å². The summed E-state index contributed by atoms with van der Waals surface area (Å²) in [6, 6.07) is 3.70. The Balaban J connectivity index is 2.60. The third-order valence-corrected chi connectivity index (χ3v) is 3.58. The van der Waals surface area contributed by atoms with Crippen molar-refractivity contribution in [3.8, 4) is 0 Å². The van der Waals surface area contributed by atoms with Gasteiger partial charge in [0.1, 0.15) is 0 Å². The average Bonchev–Trinajstić information content (AvgIpc) is 2.63. The summed E-state index contributed by atoms with van der Waals surface area (Å²) in [4.78, 5) is 2.13. The molecular formula is C12H18F3NS. The minimum atomic E-state index is -4.07. The van der Waals surface area contributed by atoms with Gasteiger partial charge in [0.25, 0.3) is 0 Å². The van der Waals surface area contributed by atoms with Crippen LogP contribution in [0.5, 0.6) is 0 Å². The van der Waals surface area contributed by atoms with Gasteiger partial charge in [0.05, 0.1) is 0 Å². The first kappa shape index (κ1) is 14.5. The van der Waals surface area contributed by atoms with Crippen molar-refractivity contribution in [2.24, 2.45) is 0 Å². The number of aryl methyl sites for hydroxylation is 1. The molecule has 1 heterocycles. The van der Waals surface area contributed by atoms with E-state index < -0.39 is 12.6 Å². The van der Waals surface area contributed by atoms with E-state index in [0.717, 1.165) is 22.7 Å². The van der Waals surface area contributed by atoms with Gasteiger partial charge in [-0.05, 0) is 38.4 Å². The quantitative estimate of drug-likeness (QED) is 0.801. The Morgan fingerprint density at radius 2 is 2.06 bits per heavy atom. The topological polar surface area (TPSA) is 12.0 Å². The van der Waals surface area contributed by atoms with Gasteiger partial charge in [-0.1, -0.05) is 6.92 Å². The van der Waals surface area contributed by atoms with Gasteiger partial charge < -0.3 is 5.32 Å². The molecule has 0 radical (unpaired) electrons. The highest BCUT2D eigenvalue weighted by Gasteiger charge is 2.28. The van der Waals surface area contributed by atoms with Gasteiger partial charge in [0.15, 0.2) is 0 Å². The number of thiophene rings is 1. The fraction of sp³-hybridized carbons (Fsp3) is 0.667. The van der Waals surface area contributed by atoms with Crippen LogP contribution in [-0.4, -0.2) is 12.7 Å². The Hall–Kier alpha value is -0.550. The third kappa shape index (κ3) is 5.55. The van der Waals surface area contributed by atoms with Gasteiger partial charge >= 0.3 is 6.18 Å². The van der Waals surface area contributed by atoms with Crippen LogP contribution in [0.3, 0.4) is 0 Å². The molecule has 0 spiro atoms. The molecule has 1 unspecified atom stereocenters. The molecule has 0 fully saturated rings. The minimum absolute atomic E-state index is 0.115.